The molecule has 6 heteroatoms. The summed E-state index contributed by atoms with van der Waals surface area (Å²) in [5.74, 6) is 0.637. The van der Waals surface area contributed by atoms with Crippen LogP contribution in [0.2, 0.25) is 0 Å². The van der Waals surface area contributed by atoms with E-state index in [0.717, 1.165) is 60.6 Å². The number of benzene rings is 5. The molecule has 6 heterocycles. The van der Waals surface area contributed by atoms with Crippen molar-refractivity contribution in [2.75, 3.05) is 0 Å². The molecule has 6 nitrogen and oxygen atoms in total. The Morgan fingerprint density at radius 2 is 1.26 bits per heavy atom. The fourth-order valence-electron chi connectivity index (χ4n) is 7.48. The molecule has 5 aromatic carbocycles. The lowest BCUT2D eigenvalue weighted by Gasteiger charge is -2.11. The highest BCUT2D eigenvalue weighted by atomic mass is 16.3. The molecule has 0 N–H and O–H groups in total. The molecule has 0 aliphatic heterocycles. The van der Waals surface area contributed by atoms with Crippen LogP contribution in [0.3, 0.4) is 0 Å². The molecule has 0 radical (unpaired) electrons. The Bertz CT molecular complexity index is 2890. The highest BCUT2D eigenvalue weighted by Gasteiger charge is 2.27. The normalized spacial score (nSPS) is 12.7. The average Bonchev–Trinajstić information content (AvgIpc) is 3.68. The molecule has 0 saturated heterocycles. The van der Waals surface area contributed by atoms with Gasteiger partial charge in [-0.2, -0.15) is 0 Å². The van der Waals surface area contributed by atoms with E-state index in [1.54, 1.807) is 0 Å². The molecule has 0 bridgehead atoms. The van der Waals surface area contributed by atoms with Gasteiger partial charge in [0.25, 0.3) is 0 Å². The third kappa shape index (κ3) is 2.54. The average molecular weight is 550 g/mol. The van der Waals surface area contributed by atoms with E-state index in [-0.39, 0.29) is 0 Å². The van der Waals surface area contributed by atoms with Crippen molar-refractivity contribution >= 4 is 82.0 Å². The molecule has 43 heavy (non-hydrogen) atoms. The molecule has 0 amide bonds. The summed E-state index contributed by atoms with van der Waals surface area (Å²) in [6, 6.07) is 36.1. The molecule has 0 aliphatic carbocycles. The van der Waals surface area contributed by atoms with Gasteiger partial charge >= 0.3 is 0 Å². The number of fused-ring (bicyclic) bond motifs is 5. The molecule has 6 aromatic heterocycles. The second-order valence-corrected chi connectivity index (χ2v) is 11.3. The predicted molar refractivity (Wildman–Crippen MR) is 173 cm³/mol. The molecule has 0 spiro atoms. The number of nitrogens with zero attached hydrogens (tertiary/aromatic N) is 5. The smallest absolute Gasteiger partial charge is 0.235 e. The quantitative estimate of drug-likeness (QED) is 0.216. The van der Waals surface area contributed by atoms with Crippen LogP contribution in [0.1, 0.15) is 0 Å². The minimum Gasteiger partial charge on any atom is -0.456 e. The van der Waals surface area contributed by atoms with E-state index in [1.807, 2.05) is 36.7 Å². The summed E-state index contributed by atoms with van der Waals surface area (Å²) in [6.45, 7) is 0. The van der Waals surface area contributed by atoms with Crippen molar-refractivity contribution in [3.63, 3.8) is 0 Å². The SMILES string of the molecule is c1ccc2c(-c3ccncc3)nc(-n3c4ccc5oc6ccc7c8ccccc8n8c9cccc3c9c4c5c6c78)nc2c1. The van der Waals surface area contributed by atoms with Crippen LogP contribution in [0.25, 0.3) is 99.2 Å². The molecule has 0 saturated carbocycles. The second-order valence-electron chi connectivity index (χ2n) is 11.3. The zero-order valence-corrected chi connectivity index (χ0v) is 22.6. The summed E-state index contributed by atoms with van der Waals surface area (Å²) in [7, 11) is 0. The molecule has 11 rings (SSSR count). The Morgan fingerprint density at radius 3 is 2.19 bits per heavy atom. The molecule has 0 unspecified atom stereocenters. The Morgan fingerprint density at radius 1 is 0.512 bits per heavy atom. The maximum Gasteiger partial charge on any atom is 0.235 e. The highest BCUT2D eigenvalue weighted by molar-refractivity contribution is 6.36. The van der Waals surface area contributed by atoms with Gasteiger partial charge in [-0.15, -0.1) is 0 Å². The summed E-state index contributed by atoms with van der Waals surface area (Å²) < 4.78 is 11.2. The van der Waals surface area contributed by atoms with Crippen LogP contribution in [0.5, 0.6) is 0 Å². The second kappa shape index (κ2) is 7.43. The van der Waals surface area contributed by atoms with Crippen molar-refractivity contribution in [2.24, 2.45) is 0 Å². The fourth-order valence-corrected chi connectivity index (χ4v) is 7.48. The Balaban J connectivity index is 1.40. The lowest BCUT2D eigenvalue weighted by atomic mass is 10.0. The van der Waals surface area contributed by atoms with E-state index >= 15 is 0 Å². The van der Waals surface area contributed by atoms with E-state index in [0.29, 0.717) is 5.95 Å². The minimum atomic E-state index is 0.637. The topological polar surface area (TPSA) is 61.2 Å². The zero-order chi connectivity index (χ0) is 27.8. The standard InChI is InChI=1S/C37H19N5O/c1-3-8-24-23(7-1)35(20-16-18-38-19-17-20)40-37(39-24)42-27-11-5-10-26-31(27)32-28(42)13-15-29-33(32)34-30(43-29)14-12-22-21-6-2-4-9-25(21)41(26)36(22)34/h1-19H. The van der Waals surface area contributed by atoms with Gasteiger partial charge in [-0.25, -0.2) is 9.97 Å². The van der Waals surface area contributed by atoms with Crippen LogP contribution in [-0.4, -0.2) is 23.9 Å². The van der Waals surface area contributed by atoms with Crippen molar-refractivity contribution in [2.45, 2.75) is 0 Å². The number of aromatic nitrogens is 5. The summed E-state index contributed by atoms with van der Waals surface area (Å²) in [4.78, 5) is 14.7. The van der Waals surface area contributed by atoms with Gasteiger partial charge in [0, 0.05) is 50.3 Å². The van der Waals surface area contributed by atoms with Gasteiger partial charge < -0.3 is 8.82 Å². The first kappa shape index (κ1) is 21.7. The van der Waals surface area contributed by atoms with Gasteiger partial charge in [0.05, 0.1) is 44.2 Å². The summed E-state index contributed by atoms with van der Waals surface area (Å²) in [6.07, 6.45) is 3.62. The van der Waals surface area contributed by atoms with Crippen molar-refractivity contribution in [3.05, 3.63) is 116 Å². The molecule has 198 valence electrons. The number of hydrogen-bond acceptors (Lipinski definition) is 4. The number of pyridine rings is 1. The number of furan rings is 1. The molecule has 11 aromatic rings. The Labute approximate surface area is 242 Å². The van der Waals surface area contributed by atoms with E-state index in [4.69, 9.17) is 14.4 Å². The Kier molecular flexibility index (Phi) is 3.75. The van der Waals surface area contributed by atoms with Crippen molar-refractivity contribution in [1.29, 1.82) is 0 Å². The van der Waals surface area contributed by atoms with E-state index in [1.165, 1.54) is 32.6 Å². The summed E-state index contributed by atoms with van der Waals surface area (Å²) in [5.41, 5.74) is 10.2. The van der Waals surface area contributed by atoms with Crippen molar-refractivity contribution < 1.29 is 4.42 Å². The first-order valence-corrected chi connectivity index (χ1v) is 14.4. The van der Waals surface area contributed by atoms with Crippen molar-refractivity contribution in [1.82, 2.24) is 23.9 Å². The summed E-state index contributed by atoms with van der Waals surface area (Å²) in [5, 5.41) is 8.12. The Hall–Kier alpha value is -6.01. The molecular formula is C37H19N5O. The van der Waals surface area contributed by atoms with Gasteiger partial charge in [-0.1, -0.05) is 42.5 Å². The minimum absolute atomic E-state index is 0.637. The van der Waals surface area contributed by atoms with Crippen LogP contribution < -0.4 is 0 Å². The predicted octanol–water partition coefficient (Wildman–Crippen LogP) is 9.12. The van der Waals surface area contributed by atoms with E-state index in [2.05, 4.69) is 92.8 Å². The molecule has 0 atom stereocenters. The maximum absolute atomic E-state index is 6.53. The maximum atomic E-state index is 6.53. The fraction of sp³-hybridized carbons (Fsp3) is 0. The van der Waals surface area contributed by atoms with Crippen LogP contribution in [0.15, 0.2) is 120 Å². The number of para-hydroxylation sites is 2. The van der Waals surface area contributed by atoms with Gasteiger partial charge in [0.1, 0.15) is 11.2 Å². The summed E-state index contributed by atoms with van der Waals surface area (Å²) >= 11 is 0. The van der Waals surface area contributed by atoms with Gasteiger partial charge in [0.15, 0.2) is 0 Å². The lowest BCUT2D eigenvalue weighted by molar-refractivity contribution is 0.669. The highest BCUT2D eigenvalue weighted by Crippen LogP contribution is 2.48. The largest absolute Gasteiger partial charge is 0.456 e. The van der Waals surface area contributed by atoms with Gasteiger partial charge in [0.2, 0.25) is 5.95 Å². The third-order valence-electron chi connectivity index (χ3n) is 9.15. The lowest BCUT2D eigenvalue weighted by Crippen LogP contribution is -2.03. The van der Waals surface area contributed by atoms with E-state index < -0.39 is 0 Å². The zero-order valence-electron chi connectivity index (χ0n) is 22.6. The number of rotatable bonds is 2. The van der Waals surface area contributed by atoms with E-state index in [9.17, 15) is 0 Å². The van der Waals surface area contributed by atoms with Gasteiger partial charge in [-0.3, -0.25) is 9.55 Å². The van der Waals surface area contributed by atoms with Crippen LogP contribution in [0.4, 0.5) is 0 Å². The number of hydrogen-bond donors (Lipinski definition) is 0. The van der Waals surface area contributed by atoms with Crippen molar-refractivity contribution in [3.8, 4) is 17.2 Å². The third-order valence-corrected chi connectivity index (χ3v) is 9.15. The van der Waals surface area contributed by atoms with Crippen LogP contribution in [-0.2, 0) is 0 Å². The monoisotopic (exact) mass is 549 g/mol. The first-order valence-electron chi connectivity index (χ1n) is 14.4. The van der Waals surface area contributed by atoms with Crippen LogP contribution >= 0.6 is 0 Å². The van der Waals surface area contributed by atoms with Crippen LogP contribution in [0, 0.1) is 0 Å². The molecule has 0 aliphatic rings. The first-order chi connectivity index (χ1) is 21.3. The van der Waals surface area contributed by atoms with Gasteiger partial charge in [-0.05, 0) is 60.7 Å². The molecule has 0 fully saturated rings. The molecular weight excluding hydrogens is 530 g/mol.